The number of carboxylic acids is 1. The normalized spacial score (nSPS) is 34.4. The van der Waals surface area contributed by atoms with E-state index in [1.807, 2.05) is 18.2 Å². The van der Waals surface area contributed by atoms with Gasteiger partial charge in [-0.1, -0.05) is 37.3 Å². The third kappa shape index (κ3) is 2.27. The zero-order chi connectivity index (χ0) is 13.5. The predicted molar refractivity (Wildman–Crippen MR) is 73.7 cm³/mol. The molecule has 0 bridgehead atoms. The Hall–Kier alpha value is -1.35. The lowest BCUT2D eigenvalue weighted by molar-refractivity contribution is -0.148. The number of likely N-dealkylation sites (tertiary alicyclic amines) is 1. The number of rotatable bonds is 3. The van der Waals surface area contributed by atoms with Crippen LogP contribution < -0.4 is 0 Å². The van der Waals surface area contributed by atoms with Gasteiger partial charge in [0.1, 0.15) is 0 Å². The van der Waals surface area contributed by atoms with Crippen LogP contribution in [0.5, 0.6) is 0 Å². The van der Waals surface area contributed by atoms with E-state index in [9.17, 15) is 9.90 Å². The number of carbonyl (C=O) groups is 1. The average molecular weight is 259 g/mol. The molecule has 0 aromatic heterocycles. The van der Waals surface area contributed by atoms with Gasteiger partial charge in [-0.15, -0.1) is 0 Å². The van der Waals surface area contributed by atoms with Crippen molar-refractivity contribution >= 4 is 5.97 Å². The standard InChI is InChI=1S/C16H21NO2/c1-12-7-16(8-12)11-17(10-14(16)15(18)19)9-13-5-3-2-4-6-13/h2-6,12,14H,7-11H2,1H3,(H,18,19). The zero-order valence-corrected chi connectivity index (χ0v) is 11.4. The summed E-state index contributed by atoms with van der Waals surface area (Å²) >= 11 is 0. The number of hydrogen-bond acceptors (Lipinski definition) is 2. The van der Waals surface area contributed by atoms with E-state index in [4.69, 9.17) is 0 Å². The van der Waals surface area contributed by atoms with Gasteiger partial charge in [-0.3, -0.25) is 9.69 Å². The Labute approximate surface area is 114 Å². The lowest BCUT2D eigenvalue weighted by Crippen LogP contribution is -2.45. The van der Waals surface area contributed by atoms with E-state index in [2.05, 4.69) is 24.0 Å². The number of hydrogen-bond donors (Lipinski definition) is 1. The molecule has 1 aliphatic carbocycles. The second kappa shape index (κ2) is 4.64. The molecule has 1 unspecified atom stereocenters. The first kappa shape index (κ1) is 12.7. The minimum Gasteiger partial charge on any atom is -0.481 e. The van der Waals surface area contributed by atoms with Crippen LogP contribution in [0.1, 0.15) is 25.3 Å². The van der Waals surface area contributed by atoms with Crippen molar-refractivity contribution in [3.63, 3.8) is 0 Å². The average Bonchev–Trinajstić information content (AvgIpc) is 2.69. The molecule has 3 rings (SSSR count). The summed E-state index contributed by atoms with van der Waals surface area (Å²) < 4.78 is 0. The highest BCUT2D eigenvalue weighted by Crippen LogP contribution is 2.54. The number of aliphatic carboxylic acids is 1. The van der Waals surface area contributed by atoms with Crippen LogP contribution in [0.3, 0.4) is 0 Å². The van der Waals surface area contributed by atoms with E-state index in [0.717, 1.165) is 25.9 Å². The Bertz CT molecular complexity index is 465. The molecule has 19 heavy (non-hydrogen) atoms. The van der Waals surface area contributed by atoms with Gasteiger partial charge >= 0.3 is 5.97 Å². The van der Waals surface area contributed by atoms with Crippen molar-refractivity contribution in [3.8, 4) is 0 Å². The molecule has 1 aromatic carbocycles. The van der Waals surface area contributed by atoms with Crippen LogP contribution in [0.2, 0.25) is 0 Å². The van der Waals surface area contributed by atoms with Gasteiger partial charge in [0.15, 0.2) is 0 Å². The molecular weight excluding hydrogens is 238 g/mol. The Kier molecular flexibility index (Phi) is 3.09. The van der Waals surface area contributed by atoms with E-state index in [0.29, 0.717) is 12.5 Å². The smallest absolute Gasteiger partial charge is 0.308 e. The van der Waals surface area contributed by atoms with Gasteiger partial charge in [-0.2, -0.15) is 0 Å². The van der Waals surface area contributed by atoms with Gasteiger partial charge in [-0.25, -0.2) is 0 Å². The quantitative estimate of drug-likeness (QED) is 0.907. The molecule has 1 saturated carbocycles. The van der Waals surface area contributed by atoms with Crippen LogP contribution in [-0.2, 0) is 11.3 Å². The summed E-state index contributed by atoms with van der Waals surface area (Å²) in [4.78, 5) is 13.8. The van der Waals surface area contributed by atoms with Crippen molar-refractivity contribution in [1.29, 1.82) is 0 Å². The highest BCUT2D eigenvalue weighted by Gasteiger charge is 2.55. The summed E-state index contributed by atoms with van der Waals surface area (Å²) in [5.74, 6) is -0.0894. The van der Waals surface area contributed by atoms with Gasteiger partial charge in [0.2, 0.25) is 0 Å². The molecule has 2 fully saturated rings. The van der Waals surface area contributed by atoms with Crippen molar-refractivity contribution in [2.45, 2.75) is 26.3 Å². The second-order valence-corrected chi connectivity index (χ2v) is 6.42. The largest absolute Gasteiger partial charge is 0.481 e. The molecule has 102 valence electrons. The maximum absolute atomic E-state index is 11.5. The van der Waals surface area contributed by atoms with Gasteiger partial charge < -0.3 is 5.11 Å². The molecule has 1 aliphatic heterocycles. The topological polar surface area (TPSA) is 40.5 Å². The molecule has 1 heterocycles. The van der Waals surface area contributed by atoms with Gasteiger partial charge in [0.25, 0.3) is 0 Å². The molecule has 1 atom stereocenters. The molecule has 3 heteroatoms. The Morgan fingerprint density at radius 1 is 1.37 bits per heavy atom. The molecule has 0 radical (unpaired) electrons. The molecule has 1 aromatic rings. The fourth-order valence-corrected chi connectivity index (χ4v) is 4.12. The molecular formula is C16H21NO2. The third-order valence-electron chi connectivity index (χ3n) is 4.78. The first-order chi connectivity index (χ1) is 9.09. The number of carboxylic acid groups (broad SMARTS) is 1. The van der Waals surface area contributed by atoms with E-state index in [-0.39, 0.29) is 11.3 Å². The summed E-state index contributed by atoms with van der Waals surface area (Å²) in [5.41, 5.74) is 1.33. The van der Waals surface area contributed by atoms with Crippen LogP contribution in [-0.4, -0.2) is 29.1 Å². The van der Waals surface area contributed by atoms with Crippen molar-refractivity contribution in [1.82, 2.24) is 4.90 Å². The zero-order valence-electron chi connectivity index (χ0n) is 11.4. The Morgan fingerprint density at radius 3 is 2.63 bits per heavy atom. The van der Waals surface area contributed by atoms with E-state index < -0.39 is 5.97 Å². The van der Waals surface area contributed by atoms with Gasteiger partial charge in [0.05, 0.1) is 5.92 Å². The van der Waals surface area contributed by atoms with Crippen molar-refractivity contribution in [2.24, 2.45) is 17.3 Å². The highest BCUT2D eigenvalue weighted by molar-refractivity contribution is 5.72. The van der Waals surface area contributed by atoms with E-state index >= 15 is 0 Å². The molecule has 0 amide bonds. The lowest BCUT2D eigenvalue weighted by Gasteiger charge is -2.46. The van der Waals surface area contributed by atoms with E-state index in [1.54, 1.807) is 0 Å². The monoisotopic (exact) mass is 259 g/mol. The fourth-order valence-electron chi connectivity index (χ4n) is 4.12. The molecule has 1 N–H and O–H groups in total. The van der Waals surface area contributed by atoms with Crippen LogP contribution >= 0.6 is 0 Å². The maximum atomic E-state index is 11.5. The van der Waals surface area contributed by atoms with Crippen molar-refractivity contribution < 1.29 is 9.90 Å². The highest BCUT2D eigenvalue weighted by atomic mass is 16.4. The van der Waals surface area contributed by atoms with Gasteiger partial charge in [0, 0.05) is 19.6 Å². The minimum atomic E-state index is -0.609. The van der Waals surface area contributed by atoms with Gasteiger partial charge in [-0.05, 0) is 29.7 Å². The SMILES string of the molecule is CC1CC2(C1)CN(Cc1ccccc1)CC2C(=O)O. The molecule has 1 spiro atoms. The third-order valence-corrected chi connectivity index (χ3v) is 4.78. The molecule has 3 nitrogen and oxygen atoms in total. The predicted octanol–water partition coefficient (Wildman–Crippen LogP) is 2.62. The van der Waals surface area contributed by atoms with Crippen LogP contribution in [0.4, 0.5) is 0 Å². The molecule has 1 saturated heterocycles. The summed E-state index contributed by atoms with van der Waals surface area (Å²) in [6.45, 7) is 4.75. The fraction of sp³-hybridized carbons (Fsp3) is 0.562. The summed E-state index contributed by atoms with van der Waals surface area (Å²) in [7, 11) is 0. The second-order valence-electron chi connectivity index (χ2n) is 6.42. The van der Waals surface area contributed by atoms with Crippen LogP contribution in [0, 0.1) is 17.3 Å². The number of benzene rings is 1. The van der Waals surface area contributed by atoms with Crippen molar-refractivity contribution in [2.75, 3.05) is 13.1 Å². The van der Waals surface area contributed by atoms with Crippen LogP contribution in [0.25, 0.3) is 0 Å². The maximum Gasteiger partial charge on any atom is 0.308 e. The first-order valence-electron chi connectivity index (χ1n) is 7.08. The summed E-state index contributed by atoms with van der Waals surface area (Å²) in [6, 6.07) is 10.3. The summed E-state index contributed by atoms with van der Waals surface area (Å²) in [6.07, 6.45) is 2.16. The first-order valence-corrected chi connectivity index (χ1v) is 7.08. The minimum absolute atomic E-state index is 0.0556. The Morgan fingerprint density at radius 2 is 2.05 bits per heavy atom. The Balaban J connectivity index is 1.71. The summed E-state index contributed by atoms with van der Waals surface area (Å²) in [5, 5.41) is 9.46. The van der Waals surface area contributed by atoms with Crippen molar-refractivity contribution in [3.05, 3.63) is 35.9 Å². The van der Waals surface area contributed by atoms with E-state index in [1.165, 1.54) is 5.56 Å². The van der Waals surface area contributed by atoms with Crippen LogP contribution in [0.15, 0.2) is 30.3 Å². The lowest BCUT2D eigenvalue weighted by atomic mass is 9.58. The number of nitrogens with zero attached hydrogens (tertiary/aromatic N) is 1. The molecule has 2 aliphatic rings.